The molecule has 6 nitrogen and oxygen atoms in total. The number of aromatic nitrogens is 2. The van der Waals surface area contributed by atoms with Crippen LogP contribution in [0.5, 0.6) is 0 Å². The minimum Gasteiger partial charge on any atom is -0.396 e. The quantitative estimate of drug-likeness (QED) is 0.806. The van der Waals surface area contributed by atoms with E-state index in [4.69, 9.17) is 5.11 Å². The van der Waals surface area contributed by atoms with Crippen LogP contribution in [0.25, 0.3) is 0 Å². The third-order valence-electron chi connectivity index (χ3n) is 3.13. The maximum atomic E-state index is 12.2. The molecule has 1 aromatic heterocycles. The molecule has 2 N–H and O–H groups in total. The van der Waals surface area contributed by atoms with Crippen LogP contribution in [0.15, 0.2) is 11.2 Å². The Balaban J connectivity index is 2.12. The number of aromatic amines is 1. The Morgan fingerprint density at radius 3 is 2.65 bits per heavy atom. The Kier molecular flexibility index (Phi) is 3.50. The highest BCUT2D eigenvalue weighted by Gasteiger charge is 2.30. The van der Waals surface area contributed by atoms with E-state index >= 15 is 0 Å². The molecule has 1 fully saturated rings. The van der Waals surface area contributed by atoms with Gasteiger partial charge in [-0.1, -0.05) is 0 Å². The number of imidazole rings is 1. The van der Waals surface area contributed by atoms with Gasteiger partial charge in [0.1, 0.15) is 5.82 Å². The van der Waals surface area contributed by atoms with E-state index < -0.39 is 10.0 Å². The van der Waals surface area contributed by atoms with Crippen molar-refractivity contribution in [1.82, 2.24) is 14.3 Å². The standard InChI is InChI=1S/C10H17N3O3S/c1-8-11-6-10(12-8)17(15,16)13-4-2-9(7-14)3-5-13/h6,9,14H,2-5,7H2,1H3,(H,11,12). The first-order valence-corrected chi connectivity index (χ1v) is 7.10. The highest BCUT2D eigenvalue weighted by Crippen LogP contribution is 2.22. The number of aliphatic hydroxyl groups excluding tert-OH is 1. The Bertz CT molecular complexity index is 475. The van der Waals surface area contributed by atoms with E-state index in [2.05, 4.69) is 9.97 Å². The zero-order chi connectivity index (χ0) is 12.5. The van der Waals surface area contributed by atoms with Crippen LogP contribution in [0.4, 0.5) is 0 Å². The average Bonchev–Trinajstić information content (AvgIpc) is 2.77. The molecule has 0 amide bonds. The molecular weight excluding hydrogens is 242 g/mol. The molecule has 0 bridgehead atoms. The lowest BCUT2D eigenvalue weighted by Gasteiger charge is -2.29. The summed E-state index contributed by atoms with van der Waals surface area (Å²) in [6, 6.07) is 0. The summed E-state index contributed by atoms with van der Waals surface area (Å²) in [7, 11) is -3.44. The fourth-order valence-corrected chi connectivity index (χ4v) is 3.43. The summed E-state index contributed by atoms with van der Waals surface area (Å²) in [6.07, 6.45) is 2.77. The second-order valence-corrected chi connectivity index (χ2v) is 6.27. The van der Waals surface area contributed by atoms with Gasteiger partial charge in [0.05, 0.1) is 6.20 Å². The molecule has 0 saturated carbocycles. The second-order valence-electron chi connectivity index (χ2n) is 4.36. The van der Waals surface area contributed by atoms with Crippen LogP contribution >= 0.6 is 0 Å². The van der Waals surface area contributed by atoms with Crippen LogP contribution in [0.2, 0.25) is 0 Å². The van der Waals surface area contributed by atoms with Gasteiger partial charge in [-0.05, 0) is 25.7 Å². The maximum absolute atomic E-state index is 12.2. The third-order valence-corrected chi connectivity index (χ3v) is 4.94. The number of aryl methyl sites for hydroxylation is 1. The highest BCUT2D eigenvalue weighted by molar-refractivity contribution is 7.89. The number of hydrogen-bond donors (Lipinski definition) is 2. The van der Waals surface area contributed by atoms with Crippen molar-refractivity contribution in [3.05, 3.63) is 12.0 Å². The molecule has 2 rings (SSSR count). The van der Waals surface area contributed by atoms with Crippen molar-refractivity contribution in [3.8, 4) is 0 Å². The van der Waals surface area contributed by atoms with Gasteiger partial charge in [0.2, 0.25) is 0 Å². The number of hydrogen-bond acceptors (Lipinski definition) is 4. The summed E-state index contributed by atoms with van der Waals surface area (Å²) >= 11 is 0. The first-order chi connectivity index (χ1) is 8.04. The molecule has 0 spiro atoms. The summed E-state index contributed by atoms with van der Waals surface area (Å²) in [5.41, 5.74) is 0. The predicted molar refractivity (Wildman–Crippen MR) is 61.9 cm³/mol. The van der Waals surface area contributed by atoms with Crippen LogP contribution in [-0.4, -0.2) is 47.5 Å². The molecule has 1 aliphatic rings. The number of H-pyrrole nitrogens is 1. The first kappa shape index (κ1) is 12.5. The highest BCUT2D eigenvalue weighted by atomic mass is 32.2. The summed E-state index contributed by atoms with van der Waals surface area (Å²) in [4.78, 5) is 6.66. The molecule has 1 aromatic rings. The lowest BCUT2D eigenvalue weighted by atomic mass is 10.00. The number of aliphatic hydroxyl groups is 1. The summed E-state index contributed by atoms with van der Waals surface area (Å²) in [5.74, 6) is 0.818. The van der Waals surface area contributed by atoms with Crippen molar-refractivity contribution in [2.24, 2.45) is 5.92 Å². The lowest BCUT2D eigenvalue weighted by molar-refractivity contribution is 0.170. The van der Waals surface area contributed by atoms with E-state index in [0.29, 0.717) is 31.8 Å². The van der Waals surface area contributed by atoms with Gasteiger partial charge in [-0.3, -0.25) is 0 Å². The number of rotatable bonds is 3. The van der Waals surface area contributed by atoms with Gasteiger partial charge >= 0.3 is 0 Å². The second kappa shape index (κ2) is 4.75. The number of nitrogens with one attached hydrogen (secondary N) is 1. The van der Waals surface area contributed by atoms with Gasteiger partial charge in [0.25, 0.3) is 10.0 Å². The van der Waals surface area contributed by atoms with Crippen molar-refractivity contribution >= 4 is 10.0 Å². The molecule has 0 unspecified atom stereocenters. The van der Waals surface area contributed by atoms with E-state index in [1.165, 1.54) is 10.5 Å². The zero-order valence-corrected chi connectivity index (χ0v) is 10.6. The zero-order valence-electron chi connectivity index (χ0n) is 9.76. The SMILES string of the molecule is Cc1ncc(S(=O)(=O)N2CCC(CO)CC2)[nH]1. The van der Waals surface area contributed by atoms with Gasteiger partial charge in [0, 0.05) is 19.7 Å². The minimum absolute atomic E-state index is 0.136. The van der Waals surface area contributed by atoms with Gasteiger partial charge < -0.3 is 10.1 Å². The van der Waals surface area contributed by atoms with Gasteiger partial charge in [0.15, 0.2) is 5.03 Å². The van der Waals surface area contributed by atoms with E-state index in [0.717, 1.165) is 0 Å². The smallest absolute Gasteiger partial charge is 0.260 e. The van der Waals surface area contributed by atoms with Crippen LogP contribution in [-0.2, 0) is 10.0 Å². The van der Waals surface area contributed by atoms with Crippen LogP contribution in [0, 0.1) is 12.8 Å². The predicted octanol–water partition coefficient (Wildman–Crippen LogP) is 0.111. The molecule has 1 aliphatic heterocycles. The molecule has 0 aliphatic carbocycles. The van der Waals surface area contributed by atoms with Gasteiger partial charge in [-0.15, -0.1) is 0 Å². The topological polar surface area (TPSA) is 86.3 Å². The number of nitrogens with zero attached hydrogens (tertiary/aromatic N) is 2. The minimum atomic E-state index is -3.44. The Morgan fingerprint density at radius 1 is 1.53 bits per heavy atom. The maximum Gasteiger partial charge on any atom is 0.260 e. The number of sulfonamides is 1. The van der Waals surface area contributed by atoms with Crippen molar-refractivity contribution < 1.29 is 13.5 Å². The van der Waals surface area contributed by atoms with Crippen molar-refractivity contribution in [2.45, 2.75) is 24.8 Å². The molecule has 2 heterocycles. The fourth-order valence-electron chi connectivity index (χ4n) is 2.00. The van der Waals surface area contributed by atoms with Crippen molar-refractivity contribution in [3.63, 3.8) is 0 Å². The molecular formula is C10H17N3O3S. The Labute approximate surface area is 101 Å². The van der Waals surface area contributed by atoms with Crippen LogP contribution in [0.3, 0.4) is 0 Å². The van der Waals surface area contributed by atoms with Gasteiger partial charge in [-0.25, -0.2) is 13.4 Å². The molecule has 0 aromatic carbocycles. The van der Waals surface area contributed by atoms with E-state index in [-0.39, 0.29) is 17.6 Å². The average molecular weight is 259 g/mol. The summed E-state index contributed by atoms with van der Waals surface area (Å²) < 4.78 is 25.8. The number of piperidine rings is 1. The molecule has 0 atom stereocenters. The molecule has 1 saturated heterocycles. The van der Waals surface area contributed by atoms with Crippen molar-refractivity contribution in [1.29, 1.82) is 0 Å². The van der Waals surface area contributed by atoms with Crippen LogP contribution in [0.1, 0.15) is 18.7 Å². The first-order valence-electron chi connectivity index (χ1n) is 5.66. The van der Waals surface area contributed by atoms with E-state index in [9.17, 15) is 8.42 Å². The van der Waals surface area contributed by atoms with Gasteiger partial charge in [-0.2, -0.15) is 4.31 Å². The fraction of sp³-hybridized carbons (Fsp3) is 0.700. The summed E-state index contributed by atoms with van der Waals surface area (Å²) in [6.45, 7) is 2.78. The lowest BCUT2D eigenvalue weighted by Crippen LogP contribution is -2.39. The summed E-state index contributed by atoms with van der Waals surface area (Å²) in [5, 5.41) is 9.17. The monoisotopic (exact) mass is 259 g/mol. The largest absolute Gasteiger partial charge is 0.396 e. The van der Waals surface area contributed by atoms with E-state index in [1.54, 1.807) is 6.92 Å². The Hall–Kier alpha value is -0.920. The Morgan fingerprint density at radius 2 is 2.18 bits per heavy atom. The molecule has 0 radical (unpaired) electrons. The van der Waals surface area contributed by atoms with Crippen LogP contribution < -0.4 is 0 Å². The van der Waals surface area contributed by atoms with E-state index in [1.807, 2.05) is 0 Å². The molecule has 96 valence electrons. The third kappa shape index (κ3) is 2.51. The molecule has 17 heavy (non-hydrogen) atoms. The molecule has 7 heteroatoms. The van der Waals surface area contributed by atoms with Crippen molar-refractivity contribution in [2.75, 3.05) is 19.7 Å². The normalized spacial score (nSPS) is 19.6.